The van der Waals surface area contributed by atoms with E-state index in [9.17, 15) is 8.42 Å². The number of aryl methyl sites for hydroxylation is 2. The molecule has 0 bridgehead atoms. The summed E-state index contributed by atoms with van der Waals surface area (Å²) in [6, 6.07) is 21.0. The molecule has 0 saturated carbocycles. The third-order valence-electron chi connectivity index (χ3n) is 7.38. The largest absolute Gasteiger partial charge is 0.497 e. The fraction of sp³-hybridized carbons (Fsp3) is 0.233. The lowest BCUT2D eigenvalue weighted by atomic mass is 9.97. The highest BCUT2D eigenvalue weighted by molar-refractivity contribution is 7.89. The van der Waals surface area contributed by atoms with Crippen molar-refractivity contribution in [1.29, 1.82) is 0 Å². The minimum Gasteiger partial charge on any atom is -0.497 e. The number of H-pyrrole nitrogens is 1. The SMILES string of the molecule is COc1ccnc(CCc2c(-c3ccc(S(=O)(=O)N4CCN(c5ccccc5)CC4)cc3)cnc3nc[nH]c23)c1. The zero-order chi connectivity index (χ0) is 27.5. The second-order valence-electron chi connectivity index (χ2n) is 9.69. The highest BCUT2D eigenvalue weighted by Gasteiger charge is 2.28. The number of rotatable bonds is 8. The van der Waals surface area contributed by atoms with Crippen molar-refractivity contribution in [3.8, 4) is 16.9 Å². The third-order valence-corrected chi connectivity index (χ3v) is 9.29. The zero-order valence-corrected chi connectivity index (χ0v) is 23.0. The maximum atomic E-state index is 13.5. The number of hydrogen-bond acceptors (Lipinski definition) is 7. The Balaban J connectivity index is 1.22. The zero-order valence-electron chi connectivity index (χ0n) is 22.2. The van der Waals surface area contributed by atoms with Crippen LogP contribution in [0.2, 0.25) is 0 Å². The van der Waals surface area contributed by atoms with Gasteiger partial charge in [0.2, 0.25) is 10.0 Å². The topological polar surface area (TPSA) is 104 Å². The van der Waals surface area contributed by atoms with E-state index in [0.29, 0.717) is 49.6 Å². The van der Waals surface area contributed by atoms with Gasteiger partial charge < -0.3 is 14.6 Å². The summed E-state index contributed by atoms with van der Waals surface area (Å²) in [6.45, 7) is 2.20. The summed E-state index contributed by atoms with van der Waals surface area (Å²) in [4.78, 5) is 19.1. The van der Waals surface area contributed by atoms with Crippen molar-refractivity contribution in [2.24, 2.45) is 0 Å². The van der Waals surface area contributed by atoms with Gasteiger partial charge in [-0.25, -0.2) is 18.4 Å². The van der Waals surface area contributed by atoms with Crippen LogP contribution in [-0.2, 0) is 22.9 Å². The number of nitrogens with one attached hydrogen (secondary N) is 1. The van der Waals surface area contributed by atoms with Gasteiger partial charge in [-0.1, -0.05) is 30.3 Å². The summed E-state index contributed by atoms with van der Waals surface area (Å²) in [6.07, 6.45) is 6.59. The van der Waals surface area contributed by atoms with Gasteiger partial charge in [0.05, 0.1) is 23.8 Å². The molecule has 0 aliphatic carbocycles. The standard InChI is InChI=1S/C30H30N6O3S/c1-39-25-13-14-31-23(19-25)9-12-27-28(20-32-30-29(27)33-21-34-30)22-7-10-26(11-8-22)40(37,38)36-17-15-35(16-18-36)24-5-3-2-4-6-24/h2-8,10-11,13-14,19-21H,9,12,15-18H2,1H3,(H,32,33,34). The van der Waals surface area contributed by atoms with Gasteiger partial charge in [-0.3, -0.25) is 4.98 Å². The molecule has 3 aromatic heterocycles. The Morgan fingerprint density at radius 1 is 0.900 bits per heavy atom. The molecule has 0 radical (unpaired) electrons. The lowest BCUT2D eigenvalue weighted by molar-refractivity contribution is 0.385. The summed E-state index contributed by atoms with van der Waals surface area (Å²) >= 11 is 0. The average molecular weight is 555 g/mol. The van der Waals surface area contributed by atoms with Crippen molar-refractivity contribution in [2.75, 3.05) is 38.2 Å². The van der Waals surface area contributed by atoms with Crippen LogP contribution in [0, 0.1) is 0 Å². The number of methoxy groups -OCH3 is 1. The number of fused-ring (bicyclic) bond motifs is 1. The van der Waals surface area contributed by atoms with Gasteiger partial charge in [0.1, 0.15) is 5.75 Å². The van der Waals surface area contributed by atoms with E-state index in [1.807, 2.05) is 48.7 Å². The van der Waals surface area contributed by atoms with Gasteiger partial charge in [0, 0.05) is 61.6 Å². The molecule has 6 rings (SSSR count). The molecule has 5 aromatic rings. The third kappa shape index (κ3) is 5.15. The van der Waals surface area contributed by atoms with Crippen molar-refractivity contribution >= 4 is 26.9 Å². The number of nitrogens with zero attached hydrogens (tertiary/aromatic N) is 5. The number of hydrogen-bond donors (Lipinski definition) is 1. The summed E-state index contributed by atoms with van der Waals surface area (Å²) in [5.41, 5.74) is 6.43. The molecule has 2 aromatic carbocycles. The lowest BCUT2D eigenvalue weighted by Gasteiger charge is -2.35. The Morgan fingerprint density at radius 3 is 2.42 bits per heavy atom. The quantitative estimate of drug-likeness (QED) is 0.305. The first-order chi connectivity index (χ1) is 19.5. The average Bonchev–Trinajstić information content (AvgIpc) is 3.50. The molecule has 1 aliphatic rings. The number of piperazine rings is 1. The predicted octanol–water partition coefficient (Wildman–Crippen LogP) is 4.32. The molecule has 204 valence electrons. The Labute approximate surface area is 233 Å². The van der Waals surface area contributed by atoms with E-state index in [2.05, 4.69) is 37.0 Å². The van der Waals surface area contributed by atoms with Gasteiger partial charge >= 0.3 is 0 Å². The second kappa shape index (κ2) is 11.1. The Kier molecular flexibility index (Phi) is 7.19. The maximum Gasteiger partial charge on any atom is 0.243 e. The van der Waals surface area contributed by atoms with Crippen LogP contribution in [0.15, 0.2) is 90.3 Å². The molecular weight excluding hydrogens is 524 g/mol. The van der Waals surface area contributed by atoms with Crippen LogP contribution in [0.5, 0.6) is 5.75 Å². The number of imidazole rings is 1. The number of aromatic amines is 1. The van der Waals surface area contributed by atoms with Crippen LogP contribution in [-0.4, -0.2) is 65.9 Å². The summed E-state index contributed by atoms with van der Waals surface area (Å²) in [7, 11) is -1.96. The fourth-order valence-corrected chi connectivity index (χ4v) is 6.63. The molecule has 1 saturated heterocycles. The normalized spacial score (nSPS) is 14.5. The molecule has 9 nitrogen and oxygen atoms in total. The van der Waals surface area contributed by atoms with E-state index in [-0.39, 0.29) is 0 Å². The first kappa shape index (κ1) is 26.0. The fourth-order valence-electron chi connectivity index (χ4n) is 5.21. The molecule has 0 amide bonds. The molecule has 1 fully saturated rings. The predicted molar refractivity (Wildman–Crippen MR) is 155 cm³/mol. The number of pyridine rings is 2. The van der Waals surface area contributed by atoms with Crippen molar-refractivity contribution in [2.45, 2.75) is 17.7 Å². The molecule has 0 spiro atoms. The first-order valence-corrected chi connectivity index (χ1v) is 14.7. The Bertz CT molecular complexity index is 1710. The minimum atomic E-state index is -3.60. The molecule has 0 atom stereocenters. The summed E-state index contributed by atoms with van der Waals surface area (Å²) < 4.78 is 33.8. The number of aromatic nitrogens is 4. The lowest BCUT2D eigenvalue weighted by Crippen LogP contribution is -2.48. The van der Waals surface area contributed by atoms with Gasteiger partial charge in [-0.15, -0.1) is 0 Å². The molecule has 1 N–H and O–H groups in total. The Hall–Kier alpha value is -4.28. The van der Waals surface area contributed by atoms with E-state index in [1.54, 1.807) is 36.1 Å². The van der Waals surface area contributed by atoms with Crippen molar-refractivity contribution in [3.63, 3.8) is 0 Å². The second-order valence-corrected chi connectivity index (χ2v) is 11.6. The van der Waals surface area contributed by atoms with Crippen LogP contribution in [0.4, 0.5) is 5.69 Å². The van der Waals surface area contributed by atoms with Crippen LogP contribution in [0.25, 0.3) is 22.3 Å². The molecule has 1 aliphatic heterocycles. The van der Waals surface area contributed by atoms with Gasteiger partial charge in [-0.2, -0.15) is 4.31 Å². The van der Waals surface area contributed by atoms with Crippen molar-refractivity contribution in [1.82, 2.24) is 24.2 Å². The monoisotopic (exact) mass is 554 g/mol. The smallest absolute Gasteiger partial charge is 0.243 e. The minimum absolute atomic E-state index is 0.294. The highest BCUT2D eigenvalue weighted by Crippen LogP contribution is 2.30. The van der Waals surface area contributed by atoms with Crippen molar-refractivity contribution in [3.05, 3.63) is 96.7 Å². The van der Waals surface area contributed by atoms with E-state index in [1.165, 1.54) is 0 Å². The Morgan fingerprint density at radius 2 is 1.68 bits per heavy atom. The van der Waals surface area contributed by atoms with Crippen LogP contribution < -0.4 is 9.64 Å². The first-order valence-electron chi connectivity index (χ1n) is 13.2. The van der Waals surface area contributed by atoms with Crippen LogP contribution in [0.1, 0.15) is 11.3 Å². The number of anilines is 1. The van der Waals surface area contributed by atoms with Gasteiger partial charge in [-0.05, 0) is 54.3 Å². The molecule has 10 heteroatoms. The number of sulfonamides is 1. The number of ether oxygens (including phenoxy) is 1. The van der Waals surface area contributed by atoms with Gasteiger partial charge in [0.15, 0.2) is 5.65 Å². The number of benzene rings is 2. The maximum absolute atomic E-state index is 13.5. The molecular formula is C30H30N6O3S. The van der Waals surface area contributed by atoms with E-state index in [0.717, 1.165) is 39.3 Å². The number of para-hydroxylation sites is 1. The molecule has 40 heavy (non-hydrogen) atoms. The van der Waals surface area contributed by atoms with E-state index in [4.69, 9.17) is 4.74 Å². The van der Waals surface area contributed by atoms with E-state index >= 15 is 0 Å². The van der Waals surface area contributed by atoms with Crippen molar-refractivity contribution < 1.29 is 13.2 Å². The van der Waals surface area contributed by atoms with Crippen LogP contribution >= 0.6 is 0 Å². The summed E-state index contributed by atoms with van der Waals surface area (Å²) in [5.74, 6) is 0.768. The molecule has 0 unspecified atom stereocenters. The molecule has 4 heterocycles. The van der Waals surface area contributed by atoms with E-state index < -0.39 is 10.0 Å². The van der Waals surface area contributed by atoms with Crippen LogP contribution in [0.3, 0.4) is 0 Å². The summed E-state index contributed by atoms with van der Waals surface area (Å²) in [5, 5.41) is 0. The highest BCUT2D eigenvalue weighted by atomic mass is 32.2. The van der Waals surface area contributed by atoms with Gasteiger partial charge in [0.25, 0.3) is 0 Å².